The Hall–Kier alpha value is -2.61. The lowest BCUT2D eigenvalue weighted by Crippen LogP contribution is -2.31. The van der Waals surface area contributed by atoms with Crippen LogP contribution in [0.1, 0.15) is 63.2 Å². The average molecular weight is 398 g/mol. The normalized spacial score (nSPS) is 14.9. The van der Waals surface area contributed by atoms with Gasteiger partial charge in [-0.3, -0.25) is 14.0 Å². The number of aromatic amines is 1. The highest BCUT2D eigenvalue weighted by molar-refractivity contribution is 7.98. The average Bonchev–Trinajstić information content (AvgIpc) is 3.27. The van der Waals surface area contributed by atoms with E-state index in [2.05, 4.69) is 20.5 Å². The SMILES string of the molecule is CSCC[C@H](NC(=O)c1[nH]c2c(c1C)C(=O)CCC2)c1nnc2ccccn12. The maximum Gasteiger partial charge on any atom is 0.268 e. The van der Waals surface area contributed by atoms with Gasteiger partial charge in [-0.1, -0.05) is 6.07 Å². The highest BCUT2D eigenvalue weighted by atomic mass is 32.2. The van der Waals surface area contributed by atoms with Crippen LogP contribution in [0.5, 0.6) is 0 Å². The Kier molecular flexibility index (Phi) is 5.21. The zero-order valence-corrected chi connectivity index (χ0v) is 16.8. The van der Waals surface area contributed by atoms with Crippen LogP contribution < -0.4 is 5.32 Å². The molecule has 0 aromatic carbocycles. The monoisotopic (exact) mass is 397 g/mol. The lowest BCUT2D eigenvalue weighted by molar-refractivity contribution is 0.0928. The number of aryl methyl sites for hydroxylation is 1. The number of carbonyl (C=O) groups is 2. The Labute approximate surface area is 167 Å². The van der Waals surface area contributed by atoms with E-state index in [-0.39, 0.29) is 17.7 Å². The van der Waals surface area contributed by atoms with Crippen molar-refractivity contribution in [2.45, 2.75) is 38.6 Å². The number of hydrogen-bond acceptors (Lipinski definition) is 5. The number of nitrogens with zero attached hydrogens (tertiary/aromatic N) is 3. The first-order chi connectivity index (χ1) is 13.6. The van der Waals surface area contributed by atoms with Gasteiger partial charge in [-0.25, -0.2) is 0 Å². The summed E-state index contributed by atoms with van der Waals surface area (Å²) in [4.78, 5) is 28.5. The molecular formula is C20H23N5O2S. The molecule has 8 heteroatoms. The first kappa shape index (κ1) is 18.7. The van der Waals surface area contributed by atoms with E-state index in [0.29, 0.717) is 23.5 Å². The van der Waals surface area contributed by atoms with Gasteiger partial charge in [0.05, 0.1) is 6.04 Å². The molecule has 7 nitrogen and oxygen atoms in total. The first-order valence-electron chi connectivity index (χ1n) is 9.44. The van der Waals surface area contributed by atoms with Crippen LogP contribution >= 0.6 is 11.8 Å². The van der Waals surface area contributed by atoms with Gasteiger partial charge in [0.1, 0.15) is 5.69 Å². The van der Waals surface area contributed by atoms with E-state index in [4.69, 9.17) is 0 Å². The van der Waals surface area contributed by atoms with Crippen molar-refractivity contribution in [3.05, 3.63) is 52.7 Å². The Bertz CT molecular complexity index is 1040. The summed E-state index contributed by atoms with van der Waals surface area (Å²) in [6.45, 7) is 1.84. The Morgan fingerprint density at radius 2 is 2.21 bits per heavy atom. The standard InChI is InChI=1S/C20H23N5O2S/c1-12-17-13(6-5-7-15(17)26)21-18(12)20(27)22-14(9-11-28-2)19-24-23-16-8-3-4-10-25(16)19/h3-4,8,10,14,21H,5-7,9,11H2,1-2H3,(H,22,27)/t14-/m0/s1. The zero-order valence-electron chi connectivity index (χ0n) is 16.0. The Morgan fingerprint density at radius 1 is 1.36 bits per heavy atom. The molecule has 1 aliphatic carbocycles. The number of aromatic nitrogens is 4. The van der Waals surface area contributed by atoms with Gasteiger partial charge >= 0.3 is 0 Å². The third kappa shape index (κ3) is 3.32. The summed E-state index contributed by atoms with van der Waals surface area (Å²) in [6, 6.07) is 5.45. The van der Waals surface area contributed by atoms with Crippen LogP contribution in [0, 0.1) is 6.92 Å². The van der Waals surface area contributed by atoms with Crippen molar-refractivity contribution in [3.8, 4) is 0 Å². The number of amides is 1. The predicted octanol–water partition coefficient (Wildman–Crippen LogP) is 3.11. The second kappa shape index (κ2) is 7.79. The second-order valence-corrected chi connectivity index (χ2v) is 8.04. The summed E-state index contributed by atoms with van der Waals surface area (Å²) in [5, 5.41) is 11.6. The molecule has 1 aliphatic rings. The molecule has 0 saturated carbocycles. The number of hydrogen-bond donors (Lipinski definition) is 2. The number of nitrogens with one attached hydrogen (secondary N) is 2. The lowest BCUT2D eigenvalue weighted by atomic mass is 9.94. The molecule has 0 fully saturated rings. The van der Waals surface area contributed by atoms with Gasteiger partial charge in [-0.05, 0) is 55.9 Å². The summed E-state index contributed by atoms with van der Waals surface area (Å²) in [5.41, 5.74) is 3.55. The van der Waals surface area contributed by atoms with Gasteiger partial charge in [-0.2, -0.15) is 11.8 Å². The summed E-state index contributed by atoms with van der Waals surface area (Å²) >= 11 is 1.72. The summed E-state index contributed by atoms with van der Waals surface area (Å²) in [6.07, 6.45) is 6.86. The molecule has 3 aromatic rings. The molecular weight excluding hydrogens is 374 g/mol. The zero-order chi connectivity index (χ0) is 19.7. The van der Waals surface area contributed by atoms with E-state index in [0.717, 1.165) is 41.9 Å². The minimum Gasteiger partial charge on any atom is -0.354 e. The van der Waals surface area contributed by atoms with Crippen LogP contribution in [-0.2, 0) is 6.42 Å². The molecule has 1 amide bonds. The molecule has 3 aromatic heterocycles. The van der Waals surface area contributed by atoms with Crippen molar-refractivity contribution in [1.82, 2.24) is 24.9 Å². The van der Waals surface area contributed by atoms with E-state index < -0.39 is 0 Å². The maximum absolute atomic E-state index is 13.1. The maximum atomic E-state index is 13.1. The Balaban J connectivity index is 1.64. The van der Waals surface area contributed by atoms with Gasteiger partial charge < -0.3 is 10.3 Å². The van der Waals surface area contributed by atoms with Gasteiger partial charge in [-0.15, -0.1) is 10.2 Å². The summed E-state index contributed by atoms with van der Waals surface area (Å²) in [7, 11) is 0. The number of Topliss-reactive ketones (excluding diaryl/α,β-unsaturated/α-hetero) is 1. The number of carbonyl (C=O) groups excluding carboxylic acids is 2. The lowest BCUT2D eigenvalue weighted by Gasteiger charge is -2.17. The van der Waals surface area contributed by atoms with Gasteiger partial charge in [0, 0.05) is 23.9 Å². The van der Waals surface area contributed by atoms with Crippen LogP contribution in [0.2, 0.25) is 0 Å². The van der Waals surface area contributed by atoms with E-state index in [1.807, 2.05) is 42.0 Å². The number of rotatable bonds is 6. The molecule has 0 unspecified atom stereocenters. The Morgan fingerprint density at radius 3 is 3.00 bits per heavy atom. The number of ketones is 1. The van der Waals surface area contributed by atoms with E-state index in [9.17, 15) is 9.59 Å². The molecule has 4 rings (SSSR count). The minimum absolute atomic E-state index is 0.122. The van der Waals surface area contributed by atoms with Gasteiger partial charge in [0.25, 0.3) is 5.91 Å². The quantitative estimate of drug-likeness (QED) is 0.667. The highest BCUT2D eigenvalue weighted by Crippen LogP contribution is 2.27. The van der Waals surface area contributed by atoms with Crippen LogP contribution in [0.25, 0.3) is 5.65 Å². The van der Waals surface area contributed by atoms with Crippen molar-refractivity contribution >= 4 is 29.1 Å². The van der Waals surface area contributed by atoms with E-state index in [1.54, 1.807) is 11.8 Å². The van der Waals surface area contributed by atoms with Crippen molar-refractivity contribution < 1.29 is 9.59 Å². The number of thioether (sulfide) groups is 1. The molecule has 28 heavy (non-hydrogen) atoms. The molecule has 0 bridgehead atoms. The highest BCUT2D eigenvalue weighted by Gasteiger charge is 2.28. The fraction of sp³-hybridized carbons (Fsp3) is 0.400. The molecule has 0 saturated heterocycles. The van der Waals surface area contributed by atoms with Crippen LogP contribution in [0.3, 0.4) is 0 Å². The van der Waals surface area contributed by atoms with E-state index in [1.165, 1.54) is 0 Å². The van der Waals surface area contributed by atoms with E-state index >= 15 is 0 Å². The van der Waals surface area contributed by atoms with Gasteiger partial charge in [0.2, 0.25) is 0 Å². The molecule has 0 radical (unpaired) electrons. The smallest absolute Gasteiger partial charge is 0.268 e. The summed E-state index contributed by atoms with van der Waals surface area (Å²) in [5.74, 6) is 1.50. The minimum atomic E-state index is -0.271. The van der Waals surface area contributed by atoms with Crippen molar-refractivity contribution in [2.24, 2.45) is 0 Å². The first-order valence-corrected chi connectivity index (χ1v) is 10.8. The van der Waals surface area contributed by atoms with Crippen LogP contribution in [0.15, 0.2) is 24.4 Å². The molecule has 146 valence electrons. The molecule has 3 heterocycles. The third-order valence-corrected chi connectivity index (χ3v) is 5.88. The third-order valence-electron chi connectivity index (χ3n) is 5.23. The van der Waals surface area contributed by atoms with Crippen molar-refractivity contribution in [1.29, 1.82) is 0 Å². The number of fused-ring (bicyclic) bond motifs is 2. The van der Waals surface area contributed by atoms with Crippen molar-refractivity contribution in [2.75, 3.05) is 12.0 Å². The molecule has 2 N–H and O–H groups in total. The fourth-order valence-electron chi connectivity index (χ4n) is 3.83. The fourth-order valence-corrected chi connectivity index (χ4v) is 4.30. The van der Waals surface area contributed by atoms with Crippen LogP contribution in [-0.4, -0.2) is 43.3 Å². The van der Waals surface area contributed by atoms with Gasteiger partial charge in [0.15, 0.2) is 17.3 Å². The predicted molar refractivity (Wildman–Crippen MR) is 109 cm³/mol. The second-order valence-electron chi connectivity index (χ2n) is 7.05. The largest absolute Gasteiger partial charge is 0.354 e. The molecule has 0 spiro atoms. The number of H-pyrrole nitrogens is 1. The van der Waals surface area contributed by atoms with Crippen molar-refractivity contribution in [3.63, 3.8) is 0 Å². The number of pyridine rings is 1. The molecule has 0 aliphatic heterocycles. The topological polar surface area (TPSA) is 92.1 Å². The summed E-state index contributed by atoms with van der Waals surface area (Å²) < 4.78 is 1.90. The van der Waals surface area contributed by atoms with Crippen LogP contribution in [0.4, 0.5) is 0 Å². The molecule has 1 atom stereocenters.